The molecule has 0 saturated heterocycles. The molecule has 0 saturated carbocycles. The van der Waals surface area contributed by atoms with Crippen LogP contribution in [0.1, 0.15) is 37.7 Å². The SMILES string of the molecule is Cc1cc(=O)cc(C)n1C(CC(=O)O)C(C)C. The molecule has 94 valence electrons. The predicted molar refractivity (Wildman–Crippen MR) is 66.3 cm³/mol. The lowest BCUT2D eigenvalue weighted by Crippen LogP contribution is -2.24. The fourth-order valence-electron chi connectivity index (χ4n) is 2.20. The average molecular weight is 237 g/mol. The number of aromatic nitrogens is 1. The van der Waals surface area contributed by atoms with Gasteiger partial charge in [-0.3, -0.25) is 9.59 Å². The number of carboxylic acids is 1. The zero-order valence-corrected chi connectivity index (χ0v) is 10.7. The van der Waals surface area contributed by atoms with E-state index in [2.05, 4.69) is 0 Å². The van der Waals surface area contributed by atoms with Crippen LogP contribution in [0, 0.1) is 19.8 Å². The Balaban J connectivity index is 3.27. The van der Waals surface area contributed by atoms with Crippen LogP contribution in [0.4, 0.5) is 0 Å². The van der Waals surface area contributed by atoms with E-state index in [0.29, 0.717) is 0 Å². The molecule has 0 radical (unpaired) electrons. The highest BCUT2D eigenvalue weighted by Crippen LogP contribution is 2.24. The van der Waals surface area contributed by atoms with Gasteiger partial charge in [0.25, 0.3) is 0 Å². The number of hydrogen-bond acceptors (Lipinski definition) is 2. The van der Waals surface area contributed by atoms with Gasteiger partial charge in [-0.05, 0) is 19.8 Å². The molecule has 0 aromatic carbocycles. The van der Waals surface area contributed by atoms with Crippen molar-refractivity contribution in [2.24, 2.45) is 5.92 Å². The highest BCUT2D eigenvalue weighted by atomic mass is 16.4. The van der Waals surface area contributed by atoms with Gasteiger partial charge in [0.15, 0.2) is 5.43 Å². The monoisotopic (exact) mass is 237 g/mol. The summed E-state index contributed by atoms with van der Waals surface area (Å²) in [6.07, 6.45) is 0.0716. The first-order valence-corrected chi connectivity index (χ1v) is 5.74. The quantitative estimate of drug-likeness (QED) is 0.872. The first kappa shape index (κ1) is 13.5. The Morgan fingerprint density at radius 3 is 2.12 bits per heavy atom. The average Bonchev–Trinajstić information content (AvgIpc) is 2.13. The van der Waals surface area contributed by atoms with Gasteiger partial charge in [-0.2, -0.15) is 0 Å². The van der Waals surface area contributed by atoms with Gasteiger partial charge >= 0.3 is 5.97 Å². The molecule has 17 heavy (non-hydrogen) atoms. The Morgan fingerprint density at radius 1 is 1.29 bits per heavy atom. The van der Waals surface area contributed by atoms with Crippen LogP contribution in [0.5, 0.6) is 0 Å². The van der Waals surface area contributed by atoms with Crippen LogP contribution in [0.3, 0.4) is 0 Å². The molecule has 4 nitrogen and oxygen atoms in total. The molecular weight excluding hydrogens is 218 g/mol. The summed E-state index contributed by atoms with van der Waals surface area (Å²) in [6.45, 7) is 7.66. The second-order valence-electron chi connectivity index (χ2n) is 4.75. The molecule has 1 N–H and O–H groups in total. The molecule has 1 unspecified atom stereocenters. The third kappa shape index (κ3) is 3.19. The number of nitrogens with zero attached hydrogens (tertiary/aromatic N) is 1. The molecule has 0 spiro atoms. The summed E-state index contributed by atoms with van der Waals surface area (Å²) in [5.74, 6) is -0.618. The minimum atomic E-state index is -0.818. The van der Waals surface area contributed by atoms with Crippen molar-refractivity contribution in [1.82, 2.24) is 4.57 Å². The van der Waals surface area contributed by atoms with Crippen molar-refractivity contribution in [1.29, 1.82) is 0 Å². The van der Waals surface area contributed by atoms with Crippen molar-refractivity contribution >= 4 is 5.97 Å². The van der Waals surface area contributed by atoms with Gasteiger partial charge in [0, 0.05) is 29.6 Å². The molecule has 0 aliphatic heterocycles. The highest BCUT2D eigenvalue weighted by molar-refractivity contribution is 5.67. The molecule has 0 aliphatic rings. The van der Waals surface area contributed by atoms with Gasteiger partial charge < -0.3 is 9.67 Å². The Morgan fingerprint density at radius 2 is 1.76 bits per heavy atom. The topological polar surface area (TPSA) is 59.3 Å². The number of hydrogen-bond donors (Lipinski definition) is 1. The zero-order valence-electron chi connectivity index (χ0n) is 10.7. The van der Waals surface area contributed by atoms with Crippen LogP contribution in [0.25, 0.3) is 0 Å². The predicted octanol–water partition coefficient (Wildman–Crippen LogP) is 2.14. The first-order valence-electron chi connectivity index (χ1n) is 5.74. The van der Waals surface area contributed by atoms with E-state index < -0.39 is 5.97 Å². The maximum Gasteiger partial charge on any atom is 0.305 e. The smallest absolute Gasteiger partial charge is 0.305 e. The van der Waals surface area contributed by atoms with E-state index in [0.717, 1.165) is 11.4 Å². The molecule has 1 rings (SSSR count). The molecular formula is C13H19NO3. The Kier molecular flexibility index (Phi) is 4.10. The van der Waals surface area contributed by atoms with Gasteiger partial charge in [0.2, 0.25) is 0 Å². The Labute approximate surface area is 101 Å². The van der Waals surface area contributed by atoms with Crippen LogP contribution in [0.15, 0.2) is 16.9 Å². The minimum Gasteiger partial charge on any atom is -0.481 e. The van der Waals surface area contributed by atoms with Crippen molar-refractivity contribution in [3.8, 4) is 0 Å². The summed E-state index contributed by atoms with van der Waals surface area (Å²) >= 11 is 0. The lowest BCUT2D eigenvalue weighted by atomic mass is 9.99. The maximum absolute atomic E-state index is 11.3. The van der Waals surface area contributed by atoms with Crippen molar-refractivity contribution < 1.29 is 9.90 Å². The van der Waals surface area contributed by atoms with Crippen LogP contribution in [0.2, 0.25) is 0 Å². The summed E-state index contributed by atoms with van der Waals surface area (Å²) in [5, 5.41) is 8.96. The number of carbonyl (C=O) groups is 1. The van der Waals surface area contributed by atoms with E-state index >= 15 is 0 Å². The lowest BCUT2D eigenvalue weighted by Gasteiger charge is -2.27. The number of rotatable bonds is 4. The Hall–Kier alpha value is -1.58. The molecule has 0 amide bonds. The number of pyridine rings is 1. The van der Waals surface area contributed by atoms with E-state index in [1.165, 1.54) is 0 Å². The summed E-state index contributed by atoms with van der Waals surface area (Å²) in [7, 11) is 0. The van der Waals surface area contributed by atoms with Gasteiger partial charge in [0.05, 0.1) is 6.42 Å². The number of aryl methyl sites for hydroxylation is 2. The first-order chi connectivity index (χ1) is 7.82. The van der Waals surface area contributed by atoms with E-state index in [1.807, 2.05) is 32.3 Å². The fraction of sp³-hybridized carbons (Fsp3) is 0.538. The lowest BCUT2D eigenvalue weighted by molar-refractivity contribution is -0.138. The van der Waals surface area contributed by atoms with Crippen LogP contribution in [-0.2, 0) is 4.79 Å². The van der Waals surface area contributed by atoms with E-state index in [4.69, 9.17) is 5.11 Å². The van der Waals surface area contributed by atoms with Crippen molar-refractivity contribution in [2.45, 2.75) is 40.2 Å². The zero-order chi connectivity index (χ0) is 13.2. The van der Waals surface area contributed by atoms with E-state index in [1.54, 1.807) is 12.1 Å². The van der Waals surface area contributed by atoms with Crippen LogP contribution >= 0.6 is 0 Å². The second-order valence-corrected chi connectivity index (χ2v) is 4.75. The summed E-state index contributed by atoms with van der Waals surface area (Å²) in [6, 6.07) is 2.97. The van der Waals surface area contributed by atoms with E-state index in [9.17, 15) is 9.59 Å². The van der Waals surface area contributed by atoms with Crippen molar-refractivity contribution in [3.05, 3.63) is 33.7 Å². The molecule has 0 aliphatic carbocycles. The van der Waals surface area contributed by atoms with Crippen molar-refractivity contribution in [3.63, 3.8) is 0 Å². The van der Waals surface area contributed by atoms with Crippen LogP contribution < -0.4 is 5.43 Å². The molecule has 0 fully saturated rings. The normalized spacial score (nSPS) is 12.8. The van der Waals surface area contributed by atoms with Gasteiger partial charge in [-0.25, -0.2) is 0 Å². The highest BCUT2D eigenvalue weighted by Gasteiger charge is 2.21. The second kappa shape index (κ2) is 5.17. The third-order valence-electron chi connectivity index (χ3n) is 2.95. The van der Waals surface area contributed by atoms with Crippen LogP contribution in [-0.4, -0.2) is 15.6 Å². The van der Waals surface area contributed by atoms with Gasteiger partial charge in [-0.1, -0.05) is 13.8 Å². The third-order valence-corrected chi connectivity index (χ3v) is 2.95. The Bertz CT molecular complexity index is 448. The molecule has 1 aromatic rings. The number of carboxylic acid groups (broad SMARTS) is 1. The molecule has 1 heterocycles. The largest absolute Gasteiger partial charge is 0.481 e. The molecule has 1 aromatic heterocycles. The molecule has 0 bridgehead atoms. The molecule has 1 atom stereocenters. The van der Waals surface area contributed by atoms with Crippen molar-refractivity contribution in [2.75, 3.05) is 0 Å². The van der Waals surface area contributed by atoms with E-state index in [-0.39, 0.29) is 23.8 Å². The number of aliphatic carboxylic acids is 1. The maximum atomic E-state index is 11.3. The standard InChI is InChI=1S/C13H19NO3/c1-8(2)12(7-13(16)17)14-9(3)5-11(15)6-10(14)4/h5-6,8,12H,7H2,1-4H3,(H,16,17). The minimum absolute atomic E-state index is 0.0333. The fourth-order valence-corrected chi connectivity index (χ4v) is 2.20. The van der Waals surface area contributed by atoms with Gasteiger partial charge in [0.1, 0.15) is 0 Å². The summed E-state index contributed by atoms with van der Waals surface area (Å²) in [5.41, 5.74) is 1.60. The molecule has 4 heteroatoms. The summed E-state index contributed by atoms with van der Waals surface area (Å²) in [4.78, 5) is 22.3. The summed E-state index contributed by atoms with van der Waals surface area (Å²) < 4.78 is 1.94. The van der Waals surface area contributed by atoms with Gasteiger partial charge in [-0.15, -0.1) is 0 Å².